The van der Waals surface area contributed by atoms with E-state index < -0.39 is 0 Å². The Labute approximate surface area is 132 Å². The number of halogens is 1. The van der Waals surface area contributed by atoms with Gasteiger partial charge in [0.2, 0.25) is 0 Å². The van der Waals surface area contributed by atoms with E-state index in [0.29, 0.717) is 19.4 Å². The fraction of sp³-hybridized carbons (Fsp3) is 0.312. The van der Waals surface area contributed by atoms with Gasteiger partial charge in [-0.15, -0.1) is 0 Å². The summed E-state index contributed by atoms with van der Waals surface area (Å²) in [7, 11) is 0. The van der Waals surface area contributed by atoms with E-state index >= 15 is 0 Å². The average Bonchev–Trinajstić information content (AvgIpc) is 2.85. The summed E-state index contributed by atoms with van der Waals surface area (Å²) in [6.07, 6.45) is 2.85. The van der Waals surface area contributed by atoms with Gasteiger partial charge >= 0.3 is 0 Å². The molecule has 1 atom stereocenters. The molecule has 4 nitrogen and oxygen atoms in total. The van der Waals surface area contributed by atoms with E-state index in [1.54, 1.807) is 4.68 Å². The van der Waals surface area contributed by atoms with Crippen molar-refractivity contribution in [2.24, 2.45) is 5.92 Å². The molecule has 0 aliphatic heterocycles. The van der Waals surface area contributed by atoms with Crippen molar-refractivity contribution in [3.63, 3.8) is 0 Å². The molecule has 0 saturated carbocycles. The number of nitrogens with zero attached hydrogens (tertiary/aromatic N) is 4. The number of rotatable bonds is 5. The third kappa shape index (κ3) is 3.93. The SMILES string of the molecule is Cc1ccc(-c2nn(CC(C#N)CCC#N)cc2Br)cc1. The third-order valence-electron chi connectivity index (χ3n) is 3.24. The summed E-state index contributed by atoms with van der Waals surface area (Å²) in [6, 6.07) is 12.5. The molecule has 0 radical (unpaired) electrons. The lowest BCUT2D eigenvalue weighted by molar-refractivity contribution is 0.477. The molecule has 1 aromatic heterocycles. The van der Waals surface area contributed by atoms with Crippen LogP contribution in [0, 0.1) is 35.5 Å². The van der Waals surface area contributed by atoms with Gasteiger partial charge < -0.3 is 0 Å². The van der Waals surface area contributed by atoms with Crippen LogP contribution in [0.3, 0.4) is 0 Å². The number of nitriles is 2. The molecule has 5 heteroatoms. The monoisotopic (exact) mass is 342 g/mol. The molecular formula is C16H15BrN4. The van der Waals surface area contributed by atoms with Crippen molar-refractivity contribution < 1.29 is 0 Å². The van der Waals surface area contributed by atoms with Crippen molar-refractivity contribution in [2.45, 2.75) is 26.3 Å². The van der Waals surface area contributed by atoms with Gasteiger partial charge in [-0.05, 0) is 29.3 Å². The third-order valence-corrected chi connectivity index (χ3v) is 3.82. The van der Waals surface area contributed by atoms with Crippen molar-refractivity contribution in [2.75, 3.05) is 0 Å². The Morgan fingerprint density at radius 2 is 2.00 bits per heavy atom. The molecule has 0 bridgehead atoms. The molecule has 0 saturated heterocycles. The molecule has 0 aliphatic rings. The van der Waals surface area contributed by atoms with E-state index in [2.05, 4.69) is 33.2 Å². The Bertz CT molecular complexity index is 689. The van der Waals surface area contributed by atoms with E-state index in [0.717, 1.165) is 15.7 Å². The van der Waals surface area contributed by atoms with E-state index in [1.807, 2.05) is 37.4 Å². The molecule has 1 aromatic carbocycles. The predicted molar refractivity (Wildman–Crippen MR) is 84.1 cm³/mol. The van der Waals surface area contributed by atoms with Crippen LogP contribution in [0.1, 0.15) is 18.4 Å². The van der Waals surface area contributed by atoms with Crippen molar-refractivity contribution in [3.05, 3.63) is 40.5 Å². The highest BCUT2D eigenvalue weighted by Gasteiger charge is 2.13. The van der Waals surface area contributed by atoms with Gasteiger partial charge in [0.25, 0.3) is 0 Å². The maximum absolute atomic E-state index is 9.13. The van der Waals surface area contributed by atoms with Crippen LogP contribution in [0.15, 0.2) is 34.9 Å². The molecule has 2 rings (SSSR count). The summed E-state index contributed by atoms with van der Waals surface area (Å²) >= 11 is 3.52. The highest BCUT2D eigenvalue weighted by molar-refractivity contribution is 9.10. The van der Waals surface area contributed by atoms with Gasteiger partial charge in [-0.1, -0.05) is 29.8 Å². The number of aromatic nitrogens is 2. The minimum atomic E-state index is -0.192. The first-order chi connectivity index (χ1) is 10.1. The number of benzene rings is 1. The van der Waals surface area contributed by atoms with Gasteiger partial charge in [0.1, 0.15) is 5.69 Å². The van der Waals surface area contributed by atoms with E-state index in [4.69, 9.17) is 10.5 Å². The maximum atomic E-state index is 9.13. The molecule has 0 aliphatic carbocycles. The van der Waals surface area contributed by atoms with Crippen LogP contribution in [0.5, 0.6) is 0 Å². The van der Waals surface area contributed by atoms with E-state index in [9.17, 15) is 0 Å². The van der Waals surface area contributed by atoms with Gasteiger partial charge in [0.15, 0.2) is 0 Å². The number of aryl methyl sites for hydroxylation is 1. The molecule has 106 valence electrons. The molecule has 1 unspecified atom stereocenters. The van der Waals surface area contributed by atoms with Crippen LogP contribution in [-0.2, 0) is 6.54 Å². The molecule has 21 heavy (non-hydrogen) atoms. The zero-order valence-corrected chi connectivity index (χ0v) is 13.3. The zero-order chi connectivity index (χ0) is 15.2. The van der Waals surface area contributed by atoms with E-state index in [1.165, 1.54) is 5.56 Å². The first kappa shape index (κ1) is 15.3. The summed E-state index contributed by atoms with van der Waals surface area (Å²) in [5.74, 6) is -0.192. The van der Waals surface area contributed by atoms with Gasteiger partial charge in [0, 0.05) is 18.2 Å². The molecule has 2 aromatic rings. The summed E-state index contributed by atoms with van der Waals surface area (Å²) in [4.78, 5) is 0. The van der Waals surface area contributed by atoms with Crippen molar-refractivity contribution >= 4 is 15.9 Å². The van der Waals surface area contributed by atoms with Crippen LogP contribution in [0.25, 0.3) is 11.3 Å². The summed E-state index contributed by atoms with van der Waals surface area (Å²) < 4.78 is 2.67. The van der Waals surface area contributed by atoms with E-state index in [-0.39, 0.29) is 5.92 Å². The van der Waals surface area contributed by atoms with Crippen LogP contribution in [0.2, 0.25) is 0 Å². The minimum Gasteiger partial charge on any atom is -0.270 e. The molecule has 1 heterocycles. The number of hydrogen-bond acceptors (Lipinski definition) is 3. The van der Waals surface area contributed by atoms with Crippen LogP contribution >= 0.6 is 15.9 Å². The van der Waals surface area contributed by atoms with Gasteiger partial charge in [0.05, 0.1) is 29.1 Å². The Balaban J connectivity index is 2.17. The molecule has 0 N–H and O–H groups in total. The zero-order valence-electron chi connectivity index (χ0n) is 11.8. The standard InChI is InChI=1S/C16H15BrN4/c1-12-4-6-14(7-5-12)16-15(17)11-21(20-16)10-13(9-19)3-2-8-18/h4-7,11,13H,2-3,10H2,1H3. The molecule has 0 amide bonds. The van der Waals surface area contributed by atoms with Gasteiger partial charge in [-0.25, -0.2) is 0 Å². The predicted octanol–water partition coefficient (Wildman–Crippen LogP) is 4.06. The van der Waals surface area contributed by atoms with Crippen LogP contribution in [0.4, 0.5) is 0 Å². The Morgan fingerprint density at radius 3 is 2.62 bits per heavy atom. The molecular weight excluding hydrogens is 328 g/mol. The average molecular weight is 343 g/mol. The Morgan fingerprint density at radius 1 is 1.29 bits per heavy atom. The van der Waals surface area contributed by atoms with Gasteiger partial charge in [-0.3, -0.25) is 4.68 Å². The first-order valence-electron chi connectivity index (χ1n) is 6.70. The highest BCUT2D eigenvalue weighted by atomic mass is 79.9. The maximum Gasteiger partial charge on any atom is 0.106 e. The second-order valence-corrected chi connectivity index (χ2v) is 5.79. The second-order valence-electron chi connectivity index (χ2n) is 4.94. The minimum absolute atomic E-state index is 0.192. The Hall–Kier alpha value is -2.11. The largest absolute Gasteiger partial charge is 0.270 e. The van der Waals surface area contributed by atoms with Gasteiger partial charge in [-0.2, -0.15) is 15.6 Å². The fourth-order valence-corrected chi connectivity index (χ4v) is 2.60. The summed E-state index contributed by atoms with van der Waals surface area (Å²) in [6.45, 7) is 2.55. The van der Waals surface area contributed by atoms with Crippen molar-refractivity contribution in [1.82, 2.24) is 9.78 Å². The summed E-state index contributed by atoms with van der Waals surface area (Å²) in [5, 5.41) is 22.3. The topological polar surface area (TPSA) is 65.4 Å². The Kier molecular flexibility index (Phi) is 5.14. The fourth-order valence-electron chi connectivity index (χ4n) is 2.06. The molecule has 0 spiro atoms. The summed E-state index contributed by atoms with van der Waals surface area (Å²) in [5.41, 5.74) is 3.11. The lowest BCUT2D eigenvalue weighted by Crippen LogP contribution is -2.09. The lowest BCUT2D eigenvalue weighted by atomic mass is 10.1. The second kappa shape index (κ2) is 7.06. The first-order valence-corrected chi connectivity index (χ1v) is 7.50. The highest BCUT2D eigenvalue weighted by Crippen LogP contribution is 2.27. The van der Waals surface area contributed by atoms with Crippen molar-refractivity contribution in [1.29, 1.82) is 10.5 Å². The quantitative estimate of drug-likeness (QED) is 0.822. The number of hydrogen-bond donors (Lipinski definition) is 0. The lowest BCUT2D eigenvalue weighted by Gasteiger charge is -2.06. The van der Waals surface area contributed by atoms with Crippen LogP contribution < -0.4 is 0 Å². The van der Waals surface area contributed by atoms with Crippen molar-refractivity contribution in [3.8, 4) is 23.4 Å². The smallest absolute Gasteiger partial charge is 0.106 e. The molecule has 0 fully saturated rings. The normalized spacial score (nSPS) is 11.6. The van der Waals surface area contributed by atoms with Crippen LogP contribution in [-0.4, -0.2) is 9.78 Å².